The van der Waals surface area contributed by atoms with E-state index in [9.17, 15) is 9.18 Å². The van der Waals surface area contributed by atoms with Crippen LogP contribution < -0.4 is 10.1 Å². The standard InChI is InChI=1S/C12H12FN3O2/c1-7-9(6-14-16-7)12(17)15-8-3-4-10(13)11(5-8)18-2/h3-6H,1-2H3,(H,14,16)(H,15,17). The van der Waals surface area contributed by atoms with Crippen molar-refractivity contribution >= 4 is 11.6 Å². The highest BCUT2D eigenvalue weighted by Gasteiger charge is 2.12. The molecule has 1 amide bonds. The molecule has 0 saturated carbocycles. The number of nitrogens with zero attached hydrogens (tertiary/aromatic N) is 1. The van der Waals surface area contributed by atoms with Gasteiger partial charge in [-0.05, 0) is 19.1 Å². The van der Waals surface area contributed by atoms with Crippen LogP contribution in [0.3, 0.4) is 0 Å². The molecule has 0 unspecified atom stereocenters. The van der Waals surface area contributed by atoms with Crippen LogP contribution in [0.5, 0.6) is 5.75 Å². The third kappa shape index (κ3) is 2.32. The topological polar surface area (TPSA) is 67.0 Å². The summed E-state index contributed by atoms with van der Waals surface area (Å²) in [5.74, 6) is -0.707. The molecule has 1 aromatic heterocycles. The lowest BCUT2D eigenvalue weighted by atomic mass is 10.2. The second-order valence-electron chi connectivity index (χ2n) is 3.71. The number of H-pyrrole nitrogens is 1. The summed E-state index contributed by atoms with van der Waals surface area (Å²) in [6, 6.07) is 4.12. The Bertz CT molecular complexity index is 580. The monoisotopic (exact) mass is 249 g/mol. The molecule has 1 aromatic carbocycles. The molecule has 18 heavy (non-hydrogen) atoms. The summed E-state index contributed by atoms with van der Waals surface area (Å²) in [6.07, 6.45) is 1.44. The van der Waals surface area contributed by atoms with E-state index in [1.165, 1.54) is 31.5 Å². The summed E-state index contributed by atoms with van der Waals surface area (Å²) in [5, 5.41) is 9.07. The Morgan fingerprint density at radius 2 is 2.28 bits per heavy atom. The number of ether oxygens (including phenoxy) is 1. The van der Waals surface area contributed by atoms with Gasteiger partial charge in [-0.1, -0.05) is 0 Å². The molecule has 0 bridgehead atoms. The van der Waals surface area contributed by atoms with E-state index in [0.717, 1.165) is 0 Å². The van der Waals surface area contributed by atoms with Gasteiger partial charge in [0.1, 0.15) is 0 Å². The van der Waals surface area contributed by atoms with Crippen molar-refractivity contribution in [3.8, 4) is 5.75 Å². The minimum Gasteiger partial charge on any atom is -0.494 e. The predicted octanol–water partition coefficient (Wildman–Crippen LogP) is 2.12. The van der Waals surface area contributed by atoms with Gasteiger partial charge in [0.25, 0.3) is 5.91 Å². The zero-order chi connectivity index (χ0) is 13.1. The van der Waals surface area contributed by atoms with Gasteiger partial charge in [0.2, 0.25) is 0 Å². The third-order valence-corrected chi connectivity index (χ3v) is 2.48. The molecule has 94 valence electrons. The highest BCUT2D eigenvalue weighted by atomic mass is 19.1. The first-order valence-electron chi connectivity index (χ1n) is 5.26. The van der Waals surface area contributed by atoms with Crippen LogP contribution in [0.2, 0.25) is 0 Å². The number of hydrogen-bond acceptors (Lipinski definition) is 3. The summed E-state index contributed by atoms with van der Waals surface area (Å²) < 4.78 is 18.0. The van der Waals surface area contributed by atoms with Crippen molar-refractivity contribution < 1.29 is 13.9 Å². The van der Waals surface area contributed by atoms with Crippen molar-refractivity contribution in [2.75, 3.05) is 12.4 Å². The largest absolute Gasteiger partial charge is 0.494 e. The lowest BCUT2D eigenvalue weighted by molar-refractivity contribution is 0.102. The fourth-order valence-electron chi connectivity index (χ4n) is 1.52. The van der Waals surface area contributed by atoms with Crippen LogP contribution in [0.1, 0.15) is 16.1 Å². The number of methoxy groups -OCH3 is 1. The number of rotatable bonds is 3. The number of halogens is 1. The van der Waals surface area contributed by atoms with Gasteiger partial charge in [-0.25, -0.2) is 4.39 Å². The van der Waals surface area contributed by atoms with Crippen molar-refractivity contribution in [2.24, 2.45) is 0 Å². The molecule has 0 aliphatic carbocycles. The second-order valence-corrected chi connectivity index (χ2v) is 3.71. The number of anilines is 1. The van der Waals surface area contributed by atoms with E-state index in [1.807, 2.05) is 0 Å². The number of benzene rings is 1. The Hall–Kier alpha value is -2.37. The molecule has 1 heterocycles. The van der Waals surface area contributed by atoms with Gasteiger partial charge in [0.05, 0.1) is 18.9 Å². The average Bonchev–Trinajstić information content (AvgIpc) is 2.78. The molecule has 0 aliphatic heterocycles. The number of hydrogen-bond donors (Lipinski definition) is 2. The van der Waals surface area contributed by atoms with Crippen molar-refractivity contribution in [1.82, 2.24) is 10.2 Å². The van der Waals surface area contributed by atoms with Gasteiger partial charge >= 0.3 is 0 Å². The van der Waals surface area contributed by atoms with E-state index in [0.29, 0.717) is 16.9 Å². The zero-order valence-electron chi connectivity index (χ0n) is 9.95. The third-order valence-electron chi connectivity index (χ3n) is 2.48. The quantitative estimate of drug-likeness (QED) is 0.875. The normalized spacial score (nSPS) is 10.2. The predicted molar refractivity (Wildman–Crippen MR) is 64.2 cm³/mol. The number of nitrogens with one attached hydrogen (secondary N) is 2. The first-order valence-corrected chi connectivity index (χ1v) is 5.26. The summed E-state index contributed by atoms with van der Waals surface area (Å²) in [6.45, 7) is 1.74. The molecular formula is C12H12FN3O2. The van der Waals surface area contributed by atoms with Crippen LogP contribution >= 0.6 is 0 Å². The van der Waals surface area contributed by atoms with E-state index in [-0.39, 0.29) is 11.7 Å². The highest BCUT2D eigenvalue weighted by Crippen LogP contribution is 2.22. The Balaban J connectivity index is 2.20. The molecule has 0 aliphatic rings. The average molecular weight is 249 g/mol. The number of aromatic amines is 1. The Morgan fingerprint density at radius 1 is 1.50 bits per heavy atom. The molecule has 0 radical (unpaired) electrons. The van der Waals surface area contributed by atoms with E-state index in [2.05, 4.69) is 15.5 Å². The zero-order valence-corrected chi connectivity index (χ0v) is 9.95. The van der Waals surface area contributed by atoms with Crippen molar-refractivity contribution in [1.29, 1.82) is 0 Å². The van der Waals surface area contributed by atoms with E-state index in [1.54, 1.807) is 6.92 Å². The summed E-state index contributed by atoms with van der Waals surface area (Å²) in [5.41, 5.74) is 1.57. The second kappa shape index (κ2) is 4.87. The molecule has 0 spiro atoms. The summed E-state index contributed by atoms with van der Waals surface area (Å²) in [4.78, 5) is 11.9. The fraction of sp³-hybridized carbons (Fsp3) is 0.167. The lowest BCUT2D eigenvalue weighted by Gasteiger charge is -2.07. The van der Waals surface area contributed by atoms with Crippen LogP contribution in [0.15, 0.2) is 24.4 Å². The molecule has 0 atom stereocenters. The Morgan fingerprint density at radius 3 is 2.89 bits per heavy atom. The molecule has 5 nitrogen and oxygen atoms in total. The number of aryl methyl sites for hydroxylation is 1. The minimum atomic E-state index is -0.477. The van der Waals surface area contributed by atoms with Gasteiger partial charge in [-0.15, -0.1) is 0 Å². The SMILES string of the molecule is COc1cc(NC(=O)c2cn[nH]c2C)ccc1F. The lowest BCUT2D eigenvalue weighted by Crippen LogP contribution is -2.12. The van der Waals surface area contributed by atoms with Crippen LogP contribution in [0.4, 0.5) is 10.1 Å². The van der Waals surface area contributed by atoms with Crippen molar-refractivity contribution in [2.45, 2.75) is 6.92 Å². The van der Waals surface area contributed by atoms with E-state index >= 15 is 0 Å². The van der Waals surface area contributed by atoms with E-state index < -0.39 is 5.82 Å². The minimum absolute atomic E-state index is 0.0803. The maximum atomic E-state index is 13.2. The number of carbonyl (C=O) groups is 1. The Labute approximate surface area is 103 Å². The van der Waals surface area contributed by atoms with Crippen LogP contribution in [0.25, 0.3) is 0 Å². The molecule has 0 fully saturated rings. The molecule has 6 heteroatoms. The van der Waals surface area contributed by atoms with Gasteiger partial charge in [0, 0.05) is 17.4 Å². The number of aromatic nitrogens is 2. The molecule has 0 saturated heterocycles. The Kier molecular flexibility index (Phi) is 3.27. The van der Waals surface area contributed by atoms with Crippen molar-refractivity contribution in [3.05, 3.63) is 41.5 Å². The maximum Gasteiger partial charge on any atom is 0.259 e. The molecule has 2 rings (SSSR count). The summed E-state index contributed by atoms with van der Waals surface area (Å²) in [7, 11) is 1.37. The van der Waals surface area contributed by atoms with Crippen LogP contribution in [0, 0.1) is 12.7 Å². The molecule has 2 N–H and O–H groups in total. The van der Waals surface area contributed by atoms with E-state index in [4.69, 9.17) is 4.74 Å². The molecule has 2 aromatic rings. The highest BCUT2D eigenvalue weighted by molar-refractivity contribution is 6.04. The number of carbonyl (C=O) groups excluding carboxylic acids is 1. The smallest absolute Gasteiger partial charge is 0.259 e. The molecular weight excluding hydrogens is 237 g/mol. The van der Waals surface area contributed by atoms with Gasteiger partial charge in [-0.3, -0.25) is 9.89 Å². The number of amides is 1. The van der Waals surface area contributed by atoms with Gasteiger partial charge in [0.15, 0.2) is 11.6 Å². The van der Waals surface area contributed by atoms with Crippen LogP contribution in [-0.4, -0.2) is 23.2 Å². The van der Waals surface area contributed by atoms with Gasteiger partial charge in [-0.2, -0.15) is 5.10 Å². The van der Waals surface area contributed by atoms with Crippen molar-refractivity contribution in [3.63, 3.8) is 0 Å². The van der Waals surface area contributed by atoms with Gasteiger partial charge < -0.3 is 10.1 Å². The summed E-state index contributed by atoms with van der Waals surface area (Å²) >= 11 is 0. The first kappa shape index (κ1) is 12.1. The first-order chi connectivity index (χ1) is 8.61. The maximum absolute atomic E-state index is 13.2. The van der Waals surface area contributed by atoms with Crippen LogP contribution in [-0.2, 0) is 0 Å². The fourth-order valence-corrected chi connectivity index (χ4v) is 1.52.